The minimum atomic E-state index is -4.31. The lowest BCUT2D eigenvalue weighted by Crippen LogP contribution is -2.46. The molecule has 0 aliphatic heterocycles. The molecule has 0 aliphatic rings. The van der Waals surface area contributed by atoms with E-state index >= 15 is 0 Å². The SMILES string of the molecule is CCCCCCCCCCCCCC/C=C\CCCCCCCCCCCCCCCCCC(=O)NC(COP(=O)(O)OCC[N+](C)(C)C)C(O)CCCCCCCCCCCCCC. The molecule has 0 spiro atoms. The van der Waals surface area contributed by atoms with Crippen LogP contribution in [-0.2, 0) is 18.4 Å². The predicted molar refractivity (Wildman–Crippen MR) is 282 cm³/mol. The Morgan fingerprint density at radius 1 is 0.508 bits per heavy atom. The summed E-state index contributed by atoms with van der Waals surface area (Å²) in [5.74, 6) is -0.140. The third-order valence-corrected chi connectivity index (χ3v) is 14.2. The van der Waals surface area contributed by atoms with Gasteiger partial charge in [-0.25, -0.2) is 4.57 Å². The predicted octanol–water partition coefficient (Wildman–Crippen LogP) is 17.0. The third-order valence-electron chi connectivity index (χ3n) is 13.3. The Bertz CT molecular complexity index is 1070. The molecular formula is C56H114N2O6P+. The number of carbonyl (C=O) groups is 1. The smallest absolute Gasteiger partial charge is 0.391 e. The highest BCUT2D eigenvalue weighted by atomic mass is 31.2. The number of phosphoric ester groups is 1. The fourth-order valence-corrected chi connectivity index (χ4v) is 9.49. The Morgan fingerprint density at radius 3 is 1.18 bits per heavy atom. The van der Waals surface area contributed by atoms with E-state index in [4.69, 9.17) is 9.05 Å². The lowest BCUT2D eigenvalue weighted by molar-refractivity contribution is -0.870. The highest BCUT2D eigenvalue weighted by Crippen LogP contribution is 2.43. The van der Waals surface area contributed by atoms with Gasteiger partial charge in [-0.05, 0) is 38.5 Å². The molecule has 0 aromatic carbocycles. The van der Waals surface area contributed by atoms with Crippen LogP contribution in [0.5, 0.6) is 0 Å². The molecule has 0 aromatic heterocycles. The summed E-state index contributed by atoms with van der Waals surface area (Å²) in [6.07, 6.45) is 58.5. The molecule has 388 valence electrons. The van der Waals surface area contributed by atoms with E-state index in [1.54, 1.807) is 0 Å². The van der Waals surface area contributed by atoms with Crippen molar-refractivity contribution in [1.82, 2.24) is 5.32 Å². The molecule has 3 N–H and O–H groups in total. The van der Waals surface area contributed by atoms with Gasteiger partial charge >= 0.3 is 7.82 Å². The van der Waals surface area contributed by atoms with Crippen molar-refractivity contribution in [1.29, 1.82) is 0 Å². The number of hydrogen-bond acceptors (Lipinski definition) is 5. The summed E-state index contributed by atoms with van der Waals surface area (Å²) < 4.78 is 23.7. The lowest BCUT2D eigenvalue weighted by atomic mass is 10.0. The zero-order valence-corrected chi connectivity index (χ0v) is 45.2. The van der Waals surface area contributed by atoms with Gasteiger partial charge in [0.1, 0.15) is 13.2 Å². The minimum Gasteiger partial charge on any atom is -0.391 e. The second kappa shape index (κ2) is 48.3. The highest BCUT2D eigenvalue weighted by molar-refractivity contribution is 7.47. The van der Waals surface area contributed by atoms with Crippen molar-refractivity contribution in [2.45, 2.75) is 302 Å². The van der Waals surface area contributed by atoms with E-state index in [2.05, 4.69) is 31.3 Å². The fourth-order valence-electron chi connectivity index (χ4n) is 8.75. The third kappa shape index (κ3) is 50.9. The molecule has 9 heteroatoms. The van der Waals surface area contributed by atoms with Crippen LogP contribution in [0.3, 0.4) is 0 Å². The van der Waals surface area contributed by atoms with Gasteiger partial charge in [0.15, 0.2) is 0 Å². The van der Waals surface area contributed by atoms with Gasteiger partial charge in [0.05, 0.1) is 39.9 Å². The van der Waals surface area contributed by atoms with Gasteiger partial charge in [0.2, 0.25) is 5.91 Å². The van der Waals surface area contributed by atoms with E-state index in [-0.39, 0.29) is 19.1 Å². The standard InChI is InChI=1S/C56H113N2O6P/c1-6-8-10-12-14-16-18-20-21-22-23-24-25-26-27-28-29-30-31-32-33-34-35-36-37-38-40-42-44-46-48-50-56(60)57-54(53-64-65(61,62)63-52-51-58(3,4)5)55(59)49-47-45-43-41-39-19-17-15-13-11-9-7-2/h26-27,54-55,59H,6-25,28-53H2,1-5H3,(H-,57,60,61,62)/p+1/b27-26-. The maximum atomic E-state index is 13.0. The number of phosphoric acid groups is 1. The maximum Gasteiger partial charge on any atom is 0.472 e. The molecule has 0 rings (SSSR count). The molecule has 8 nitrogen and oxygen atoms in total. The van der Waals surface area contributed by atoms with E-state index in [1.807, 2.05) is 21.1 Å². The van der Waals surface area contributed by atoms with Gasteiger partial charge in [0.25, 0.3) is 0 Å². The average molecular weight is 943 g/mol. The first kappa shape index (κ1) is 64.2. The number of quaternary nitrogens is 1. The van der Waals surface area contributed by atoms with Gasteiger partial charge < -0.3 is 19.8 Å². The van der Waals surface area contributed by atoms with Crippen LogP contribution in [0, 0.1) is 0 Å². The van der Waals surface area contributed by atoms with Gasteiger partial charge in [-0.3, -0.25) is 13.8 Å². The molecule has 0 aromatic rings. The number of aliphatic hydroxyl groups is 1. The van der Waals surface area contributed by atoms with E-state index in [0.29, 0.717) is 23.9 Å². The molecule has 0 bridgehead atoms. The molecule has 0 aliphatic carbocycles. The summed E-state index contributed by atoms with van der Waals surface area (Å²) in [4.78, 5) is 23.3. The maximum absolute atomic E-state index is 13.0. The molecule has 1 amide bonds. The Labute approximate surface area is 405 Å². The van der Waals surface area contributed by atoms with Crippen LogP contribution in [0.15, 0.2) is 12.2 Å². The average Bonchev–Trinajstić information content (AvgIpc) is 3.26. The second-order valence-electron chi connectivity index (χ2n) is 21.0. The van der Waals surface area contributed by atoms with E-state index < -0.39 is 20.0 Å². The van der Waals surface area contributed by atoms with Gasteiger partial charge in [-0.2, -0.15) is 0 Å². The summed E-state index contributed by atoms with van der Waals surface area (Å²) in [6, 6.07) is -0.756. The van der Waals surface area contributed by atoms with Gasteiger partial charge in [-0.1, -0.05) is 257 Å². The monoisotopic (exact) mass is 942 g/mol. The number of allylic oxidation sites excluding steroid dienone is 2. The summed E-state index contributed by atoms with van der Waals surface area (Å²) in [7, 11) is 1.63. The molecule has 0 saturated carbocycles. The lowest BCUT2D eigenvalue weighted by Gasteiger charge is -2.26. The Kier molecular flexibility index (Phi) is 47.7. The number of carbonyl (C=O) groups excluding carboxylic acids is 1. The van der Waals surface area contributed by atoms with Crippen molar-refractivity contribution in [3.05, 3.63) is 12.2 Å². The number of hydrogen-bond donors (Lipinski definition) is 3. The van der Waals surface area contributed by atoms with Crippen LogP contribution in [0.25, 0.3) is 0 Å². The van der Waals surface area contributed by atoms with Gasteiger partial charge in [0, 0.05) is 6.42 Å². The van der Waals surface area contributed by atoms with E-state index in [1.165, 1.54) is 225 Å². The number of nitrogens with zero attached hydrogens (tertiary/aromatic N) is 1. The molecule has 3 unspecified atom stereocenters. The molecule has 0 radical (unpaired) electrons. The highest BCUT2D eigenvalue weighted by Gasteiger charge is 2.28. The number of likely N-dealkylation sites (N-methyl/N-ethyl adjacent to an activating group) is 1. The number of unbranched alkanes of at least 4 members (excludes halogenated alkanes) is 38. The summed E-state index contributed by atoms with van der Waals surface area (Å²) in [6.45, 7) is 4.92. The zero-order chi connectivity index (χ0) is 47.8. The first-order valence-electron chi connectivity index (χ1n) is 28.6. The first-order chi connectivity index (χ1) is 31.5. The summed E-state index contributed by atoms with van der Waals surface area (Å²) >= 11 is 0. The number of nitrogens with one attached hydrogen (secondary N) is 1. The van der Waals surface area contributed by atoms with Crippen molar-refractivity contribution in [3.8, 4) is 0 Å². The molecule has 65 heavy (non-hydrogen) atoms. The van der Waals surface area contributed by atoms with Crippen molar-refractivity contribution in [2.75, 3.05) is 40.9 Å². The molecule has 0 fully saturated rings. The normalized spacial score (nSPS) is 14.0. The van der Waals surface area contributed by atoms with Crippen molar-refractivity contribution in [2.24, 2.45) is 0 Å². The number of rotatable bonds is 53. The van der Waals surface area contributed by atoms with Crippen molar-refractivity contribution < 1.29 is 32.9 Å². The topological polar surface area (TPSA) is 105 Å². The molecule has 0 heterocycles. The first-order valence-corrected chi connectivity index (χ1v) is 30.0. The number of aliphatic hydroxyl groups excluding tert-OH is 1. The van der Waals surface area contributed by atoms with Crippen LogP contribution < -0.4 is 5.32 Å². The Morgan fingerprint density at radius 2 is 0.831 bits per heavy atom. The minimum absolute atomic E-state index is 0.0774. The van der Waals surface area contributed by atoms with Crippen LogP contribution in [0.2, 0.25) is 0 Å². The van der Waals surface area contributed by atoms with Crippen molar-refractivity contribution in [3.63, 3.8) is 0 Å². The summed E-state index contributed by atoms with van der Waals surface area (Å²) in [5, 5.41) is 14.0. The molecule has 0 saturated heterocycles. The van der Waals surface area contributed by atoms with Crippen LogP contribution >= 0.6 is 7.82 Å². The molecular weight excluding hydrogens is 828 g/mol. The number of amides is 1. The fraction of sp³-hybridized carbons (Fsp3) is 0.946. The van der Waals surface area contributed by atoms with E-state index in [9.17, 15) is 19.4 Å². The zero-order valence-electron chi connectivity index (χ0n) is 44.3. The van der Waals surface area contributed by atoms with Crippen LogP contribution in [0.1, 0.15) is 290 Å². The van der Waals surface area contributed by atoms with Gasteiger partial charge in [-0.15, -0.1) is 0 Å². The quantitative estimate of drug-likeness (QED) is 0.0243. The van der Waals surface area contributed by atoms with Crippen LogP contribution in [0.4, 0.5) is 0 Å². The van der Waals surface area contributed by atoms with Crippen molar-refractivity contribution >= 4 is 13.7 Å². The second-order valence-corrected chi connectivity index (χ2v) is 22.5. The van der Waals surface area contributed by atoms with E-state index in [0.717, 1.165) is 38.5 Å². The molecule has 3 atom stereocenters. The summed E-state index contributed by atoms with van der Waals surface area (Å²) in [5.41, 5.74) is 0. The largest absolute Gasteiger partial charge is 0.472 e. The van der Waals surface area contributed by atoms with Crippen LogP contribution in [-0.4, -0.2) is 73.4 Å². The Balaban J connectivity index is 3.97. The Hall–Kier alpha value is -0.760.